The second-order valence-electron chi connectivity index (χ2n) is 7.98. The number of hydrogen-bond donors (Lipinski definition) is 0. The van der Waals surface area contributed by atoms with E-state index in [9.17, 15) is 9.59 Å². The molecule has 0 spiro atoms. The number of aryl methyl sites for hydroxylation is 3. The van der Waals surface area contributed by atoms with Crippen LogP contribution in [0.3, 0.4) is 0 Å². The predicted octanol–water partition coefficient (Wildman–Crippen LogP) is 3.41. The number of aromatic nitrogens is 1. The van der Waals surface area contributed by atoms with Gasteiger partial charge in [-0.2, -0.15) is 5.26 Å². The standard InChI is InChI=1S/C24H26N4O3/c1-17-14-20(18(2)31-17)24(30)27-12-10-26(11-13-27)16-23(29)21-15-28(9-5-8-25)22-7-4-3-6-19(21)22/h3-4,6-7,14-15H,5,9-13,16H2,1-2H3. The highest BCUT2D eigenvalue weighted by atomic mass is 16.3. The Morgan fingerprint density at radius 2 is 1.84 bits per heavy atom. The minimum atomic E-state index is -0.0131. The van der Waals surface area contributed by atoms with Crippen molar-refractivity contribution in [1.82, 2.24) is 14.4 Å². The van der Waals surface area contributed by atoms with Crippen LogP contribution in [-0.2, 0) is 6.54 Å². The average molecular weight is 418 g/mol. The maximum atomic E-state index is 13.1. The van der Waals surface area contributed by atoms with Crippen molar-refractivity contribution >= 4 is 22.6 Å². The molecule has 0 aliphatic carbocycles. The molecule has 0 radical (unpaired) electrons. The van der Waals surface area contributed by atoms with Crippen LogP contribution in [0.5, 0.6) is 0 Å². The van der Waals surface area contributed by atoms with Crippen LogP contribution in [0.4, 0.5) is 0 Å². The minimum absolute atomic E-state index is 0.0131. The summed E-state index contributed by atoms with van der Waals surface area (Å²) >= 11 is 0. The molecule has 1 saturated heterocycles. The van der Waals surface area contributed by atoms with Gasteiger partial charge in [0.1, 0.15) is 11.5 Å². The van der Waals surface area contributed by atoms with Gasteiger partial charge in [-0.05, 0) is 26.0 Å². The monoisotopic (exact) mass is 418 g/mol. The summed E-state index contributed by atoms with van der Waals surface area (Å²) in [5, 5.41) is 9.83. The van der Waals surface area contributed by atoms with Gasteiger partial charge < -0.3 is 13.9 Å². The lowest BCUT2D eigenvalue weighted by atomic mass is 10.1. The van der Waals surface area contributed by atoms with Crippen LogP contribution < -0.4 is 0 Å². The molecule has 7 nitrogen and oxygen atoms in total. The third kappa shape index (κ3) is 4.25. The third-order valence-electron chi connectivity index (χ3n) is 5.85. The van der Waals surface area contributed by atoms with Gasteiger partial charge in [0, 0.05) is 55.4 Å². The van der Waals surface area contributed by atoms with E-state index < -0.39 is 0 Å². The van der Waals surface area contributed by atoms with E-state index >= 15 is 0 Å². The number of fused-ring (bicyclic) bond motifs is 1. The zero-order valence-corrected chi connectivity index (χ0v) is 17.9. The van der Waals surface area contributed by atoms with Crippen LogP contribution in [0.15, 0.2) is 40.9 Å². The minimum Gasteiger partial charge on any atom is -0.466 e. The van der Waals surface area contributed by atoms with E-state index in [0.29, 0.717) is 62.6 Å². The second-order valence-corrected chi connectivity index (χ2v) is 7.98. The van der Waals surface area contributed by atoms with E-state index in [2.05, 4.69) is 11.0 Å². The molecular formula is C24H26N4O3. The lowest BCUT2D eigenvalue weighted by Crippen LogP contribution is -2.49. The molecule has 1 aliphatic rings. The molecular weight excluding hydrogens is 392 g/mol. The summed E-state index contributed by atoms with van der Waals surface area (Å²) in [5.74, 6) is 1.43. The molecule has 0 saturated carbocycles. The Labute approximate surface area is 181 Å². The first kappa shape index (κ1) is 20.9. The van der Waals surface area contributed by atoms with E-state index in [0.717, 1.165) is 16.7 Å². The fourth-order valence-corrected chi connectivity index (χ4v) is 4.24. The number of carbonyl (C=O) groups excluding carboxylic acids is 2. The van der Waals surface area contributed by atoms with Crippen molar-refractivity contribution in [2.24, 2.45) is 0 Å². The number of ketones is 1. The zero-order chi connectivity index (χ0) is 22.0. The van der Waals surface area contributed by atoms with Crippen LogP contribution >= 0.6 is 0 Å². The molecule has 0 bridgehead atoms. The molecule has 160 valence electrons. The highest BCUT2D eigenvalue weighted by Gasteiger charge is 2.26. The molecule has 1 fully saturated rings. The molecule has 1 aromatic carbocycles. The fraction of sp³-hybridized carbons (Fsp3) is 0.375. The lowest BCUT2D eigenvalue weighted by molar-refractivity contribution is 0.0623. The fourth-order valence-electron chi connectivity index (χ4n) is 4.24. The Kier molecular flexibility index (Phi) is 5.92. The van der Waals surface area contributed by atoms with E-state index in [-0.39, 0.29) is 11.7 Å². The van der Waals surface area contributed by atoms with E-state index in [4.69, 9.17) is 9.68 Å². The topological polar surface area (TPSA) is 82.5 Å². The molecule has 0 unspecified atom stereocenters. The maximum Gasteiger partial charge on any atom is 0.257 e. The summed E-state index contributed by atoms with van der Waals surface area (Å²) in [7, 11) is 0. The second kappa shape index (κ2) is 8.78. The highest BCUT2D eigenvalue weighted by molar-refractivity contribution is 6.09. The number of nitriles is 1. The molecule has 1 aliphatic heterocycles. The first-order valence-electron chi connectivity index (χ1n) is 10.5. The van der Waals surface area contributed by atoms with Crippen molar-refractivity contribution in [3.05, 3.63) is 59.2 Å². The van der Waals surface area contributed by atoms with Gasteiger partial charge in [0.25, 0.3) is 5.91 Å². The summed E-state index contributed by atoms with van der Waals surface area (Å²) in [6.07, 6.45) is 2.27. The Bertz CT molecular complexity index is 1160. The van der Waals surface area contributed by atoms with Crippen molar-refractivity contribution in [3.8, 4) is 6.07 Å². The molecule has 0 N–H and O–H groups in total. The molecule has 7 heteroatoms. The Balaban J connectivity index is 1.41. The number of furan rings is 1. The maximum absolute atomic E-state index is 13.1. The number of para-hydroxylation sites is 1. The van der Waals surface area contributed by atoms with Gasteiger partial charge in [-0.1, -0.05) is 18.2 Å². The summed E-state index contributed by atoms with van der Waals surface area (Å²) in [6.45, 7) is 7.00. The number of Topliss-reactive ketones (excluding diaryl/α,β-unsaturated/α-hetero) is 1. The first-order valence-corrected chi connectivity index (χ1v) is 10.5. The molecule has 31 heavy (non-hydrogen) atoms. The first-order chi connectivity index (χ1) is 15.0. The zero-order valence-electron chi connectivity index (χ0n) is 17.9. The number of benzene rings is 1. The number of rotatable bonds is 6. The molecule has 1 amide bonds. The van der Waals surface area contributed by atoms with Crippen LogP contribution in [-0.4, -0.2) is 58.8 Å². The van der Waals surface area contributed by atoms with Gasteiger partial charge in [-0.15, -0.1) is 0 Å². The molecule has 0 atom stereocenters. The van der Waals surface area contributed by atoms with Crippen LogP contribution in [0, 0.1) is 25.2 Å². The summed E-state index contributed by atoms with van der Waals surface area (Å²) < 4.78 is 7.47. The molecule has 4 rings (SSSR count). The van der Waals surface area contributed by atoms with Gasteiger partial charge in [0.05, 0.1) is 24.6 Å². The van der Waals surface area contributed by atoms with Gasteiger partial charge in [-0.3, -0.25) is 14.5 Å². The Hall–Kier alpha value is -3.37. The van der Waals surface area contributed by atoms with Gasteiger partial charge in [0.2, 0.25) is 0 Å². The number of hydrogen-bond acceptors (Lipinski definition) is 5. The van der Waals surface area contributed by atoms with Crippen LogP contribution in [0.2, 0.25) is 0 Å². The quantitative estimate of drug-likeness (QED) is 0.573. The lowest BCUT2D eigenvalue weighted by Gasteiger charge is -2.34. The molecule has 2 aromatic heterocycles. The van der Waals surface area contributed by atoms with Crippen molar-refractivity contribution in [1.29, 1.82) is 5.26 Å². The van der Waals surface area contributed by atoms with Crippen molar-refractivity contribution in [2.45, 2.75) is 26.8 Å². The molecule has 3 aromatic rings. The summed E-state index contributed by atoms with van der Waals surface area (Å²) in [5.41, 5.74) is 2.28. The SMILES string of the molecule is Cc1cc(C(=O)N2CCN(CC(=O)c3cn(CCC#N)c4ccccc34)CC2)c(C)o1. The average Bonchev–Trinajstić information content (AvgIpc) is 3.31. The normalized spacial score (nSPS) is 14.7. The number of amides is 1. The molecule has 3 heterocycles. The smallest absolute Gasteiger partial charge is 0.257 e. The summed E-state index contributed by atoms with van der Waals surface area (Å²) in [6, 6.07) is 11.8. The predicted molar refractivity (Wildman–Crippen MR) is 117 cm³/mol. The third-order valence-corrected chi connectivity index (χ3v) is 5.85. The van der Waals surface area contributed by atoms with Crippen molar-refractivity contribution < 1.29 is 14.0 Å². The Morgan fingerprint density at radius 1 is 1.10 bits per heavy atom. The highest BCUT2D eigenvalue weighted by Crippen LogP contribution is 2.23. The van der Waals surface area contributed by atoms with Crippen LogP contribution in [0.1, 0.15) is 38.7 Å². The van der Waals surface area contributed by atoms with Crippen LogP contribution in [0.25, 0.3) is 10.9 Å². The van der Waals surface area contributed by atoms with E-state index in [1.807, 2.05) is 53.8 Å². The number of piperazine rings is 1. The van der Waals surface area contributed by atoms with E-state index in [1.165, 1.54) is 0 Å². The largest absolute Gasteiger partial charge is 0.466 e. The van der Waals surface area contributed by atoms with E-state index in [1.54, 1.807) is 6.07 Å². The van der Waals surface area contributed by atoms with Gasteiger partial charge in [-0.25, -0.2) is 0 Å². The summed E-state index contributed by atoms with van der Waals surface area (Å²) in [4.78, 5) is 29.8. The van der Waals surface area contributed by atoms with Gasteiger partial charge in [0.15, 0.2) is 5.78 Å². The van der Waals surface area contributed by atoms with Crippen molar-refractivity contribution in [3.63, 3.8) is 0 Å². The van der Waals surface area contributed by atoms with Gasteiger partial charge >= 0.3 is 0 Å². The number of nitrogens with zero attached hydrogens (tertiary/aromatic N) is 4. The van der Waals surface area contributed by atoms with Crippen molar-refractivity contribution in [2.75, 3.05) is 32.7 Å². The number of carbonyl (C=O) groups is 2. The Morgan fingerprint density at radius 3 is 2.52 bits per heavy atom.